The Morgan fingerprint density at radius 1 is 1.29 bits per heavy atom. The number of nitrogens with two attached hydrogens (primary N) is 1. The lowest BCUT2D eigenvalue weighted by molar-refractivity contribution is 0.247. The highest BCUT2D eigenvalue weighted by molar-refractivity contribution is 5.36. The van der Waals surface area contributed by atoms with E-state index in [9.17, 15) is 0 Å². The van der Waals surface area contributed by atoms with Gasteiger partial charge in [-0.1, -0.05) is 22.9 Å². The summed E-state index contributed by atoms with van der Waals surface area (Å²) in [5.41, 5.74) is 8.71. The van der Waals surface area contributed by atoms with Gasteiger partial charge in [-0.3, -0.25) is 0 Å². The molecule has 0 aliphatic heterocycles. The van der Waals surface area contributed by atoms with Crippen molar-refractivity contribution in [1.82, 2.24) is 5.16 Å². The summed E-state index contributed by atoms with van der Waals surface area (Å²) in [4.78, 5) is 0. The van der Waals surface area contributed by atoms with E-state index in [0.29, 0.717) is 18.9 Å². The summed E-state index contributed by atoms with van der Waals surface area (Å²) in [5, 5.41) is 3.81. The van der Waals surface area contributed by atoms with Gasteiger partial charge in [0.15, 0.2) is 5.76 Å². The molecule has 1 aromatic carbocycles. The molecule has 1 heterocycles. The molecule has 2 N–H and O–H groups in total. The third kappa shape index (κ3) is 2.85. The first-order valence-corrected chi connectivity index (χ1v) is 5.53. The van der Waals surface area contributed by atoms with Gasteiger partial charge in [-0.05, 0) is 19.9 Å². The maximum absolute atomic E-state index is 5.68. The molecule has 1 aromatic heterocycles. The Hall–Kier alpha value is -1.81. The van der Waals surface area contributed by atoms with Crippen LogP contribution >= 0.6 is 0 Å². The summed E-state index contributed by atoms with van der Waals surface area (Å²) in [6, 6.07) is 7.82. The molecule has 0 saturated heterocycles. The van der Waals surface area contributed by atoms with E-state index in [2.05, 4.69) is 5.16 Å². The van der Waals surface area contributed by atoms with Gasteiger partial charge in [0.25, 0.3) is 0 Å². The van der Waals surface area contributed by atoms with Gasteiger partial charge < -0.3 is 15.0 Å². The maximum atomic E-state index is 5.68. The summed E-state index contributed by atoms with van der Waals surface area (Å²) >= 11 is 0. The average Bonchev–Trinajstić information content (AvgIpc) is 2.73. The zero-order chi connectivity index (χ0) is 12.3. The predicted octanol–water partition coefficient (Wildman–Crippen LogP) is 2.33. The van der Waals surface area contributed by atoms with Gasteiger partial charge in [0.05, 0.1) is 5.69 Å². The molecule has 0 spiro atoms. The SMILES string of the molecule is Cc1ccc(OCc2cc(C)no2)c(CN)c1. The second-order valence-corrected chi connectivity index (χ2v) is 4.04. The normalized spacial score (nSPS) is 10.5. The van der Waals surface area contributed by atoms with Crippen molar-refractivity contribution in [2.75, 3.05) is 0 Å². The van der Waals surface area contributed by atoms with Gasteiger partial charge in [-0.25, -0.2) is 0 Å². The molecule has 0 aliphatic rings. The second-order valence-electron chi connectivity index (χ2n) is 4.04. The van der Waals surface area contributed by atoms with Gasteiger partial charge in [0, 0.05) is 18.2 Å². The highest BCUT2D eigenvalue weighted by Crippen LogP contribution is 2.20. The van der Waals surface area contributed by atoms with Crippen LogP contribution in [0.25, 0.3) is 0 Å². The third-order valence-electron chi connectivity index (χ3n) is 2.48. The van der Waals surface area contributed by atoms with Crippen molar-refractivity contribution in [2.24, 2.45) is 5.73 Å². The molecule has 0 aliphatic carbocycles. The van der Waals surface area contributed by atoms with Crippen LogP contribution in [0.1, 0.15) is 22.6 Å². The number of nitrogens with zero attached hydrogens (tertiary/aromatic N) is 1. The molecule has 0 bridgehead atoms. The summed E-state index contributed by atoms with van der Waals surface area (Å²) < 4.78 is 10.7. The lowest BCUT2D eigenvalue weighted by Gasteiger charge is -2.09. The lowest BCUT2D eigenvalue weighted by atomic mass is 10.1. The minimum atomic E-state index is 0.372. The zero-order valence-electron chi connectivity index (χ0n) is 10.1. The van der Waals surface area contributed by atoms with Crippen LogP contribution in [-0.2, 0) is 13.2 Å². The Kier molecular flexibility index (Phi) is 3.44. The molecular weight excluding hydrogens is 216 g/mol. The number of ether oxygens (including phenoxy) is 1. The Bertz CT molecular complexity index is 506. The highest BCUT2D eigenvalue weighted by Gasteiger charge is 2.05. The molecule has 0 fully saturated rings. The fourth-order valence-corrected chi connectivity index (χ4v) is 1.64. The molecule has 90 valence electrons. The molecule has 0 amide bonds. The van der Waals surface area contributed by atoms with Crippen LogP contribution in [0.4, 0.5) is 0 Å². The molecule has 2 rings (SSSR count). The molecular formula is C13H16N2O2. The van der Waals surface area contributed by atoms with Crippen LogP contribution in [-0.4, -0.2) is 5.16 Å². The monoisotopic (exact) mass is 232 g/mol. The summed E-state index contributed by atoms with van der Waals surface area (Å²) in [7, 11) is 0. The van der Waals surface area contributed by atoms with E-state index in [-0.39, 0.29) is 0 Å². The Morgan fingerprint density at radius 2 is 2.12 bits per heavy atom. The minimum absolute atomic E-state index is 0.372. The van der Waals surface area contributed by atoms with E-state index in [0.717, 1.165) is 17.0 Å². The van der Waals surface area contributed by atoms with Crippen LogP contribution in [0.15, 0.2) is 28.8 Å². The number of rotatable bonds is 4. The van der Waals surface area contributed by atoms with Crippen LogP contribution in [0.5, 0.6) is 5.75 Å². The summed E-state index contributed by atoms with van der Waals surface area (Å²) in [6.07, 6.45) is 0. The van der Waals surface area contributed by atoms with Crippen LogP contribution in [0, 0.1) is 13.8 Å². The van der Waals surface area contributed by atoms with Crippen molar-refractivity contribution in [3.05, 3.63) is 46.8 Å². The van der Waals surface area contributed by atoms with E-state index in [1.807, 2.05) is 38.1 Å². The third-order valence-corrected chi connectivity index (χ3v) is 2.48. The van der Waals surface area contributed by atoms with E-state index in [1.54, 1.807) is 0 Å². The van der Waals surface area contributed by atoms with Crippen LogP contribution in [0.3, 0.4) is 0 Å². The molecule has 2 aromatic rings. The van der Waals surface area contributed by atoms with Crippen molar-refractivity contribution in [2.45, 2.75) is 27.0 Å². The van der Waals surface area contributed by atoms with Crippen LogP contribution in [0.2, 0.25) is 0 Å². The Morgan fingerprint density at radius 3 is 2.76 bits per heavy atom. The summed E-state index contributed by atoms with van der Waals surface area (Å²) in [5.74, 6) is 1.51. The van der Waals surface area contributed by atoms with Crippen molar-refractivity contribution in [1.29, 1.82) is 0 Å². The Labute approximate surface area is 100 Å². The van der Waals surface area contributed by atoms with Gasteiger partial charge >= 0.3 is 0 Å². The van der Waals surface area contributed by atoms with Gasteiger partial charge in [0.1, 0.15) is 12.4 Å². The molecule has 17 heavy (non-hydrogen) atoms. The fraction of sp³-hybridized carbons (Fsp3) is 0.308. The van der Waals surface area contributed by atoms with Crippen molar-refractivity contribution in [3.63, 3.8) is 0 Å². The van der Waals surface area contributed by atoms with Crippen molar-refractivity contribution >= 4 is 0 Å². The zero-order valence-corrected chi connectivity index (χ0v) is 10.1. The van der Waals surface area contributed by atoms with E-state index in [4.69, 9.17) is 15.0 Å². The van der Waals surface area contributed by atoms with E-state index < -0.39 is 0 Å². The largest absolute Gasteiger partial charge is 0.485 e. The molecule has 0 saturated carbocycles. The van der Waals surface area contributed by atoms with E-state index >= 15 is 0 Å². The van der Waals surface area contributed by atoms with Crippen molar-refractivity contribution in [3.8, 4) is 5.75 Å². The first-order valence-electron chi connectivity index (χ1n) is 5.53. The van der Waals surface area contributed by atoms with E-state index in [1.165, 1.54) is 5.56 Å². The summed E-state index contributed by atoms with van der Waals surface area (Å²) in [6.45, 7) is 4.75. The first kappa shape index (κ1) is 11.7. The Balaban J connectivity index is 2.08. The lowest BCUT2D eigenvalue weighted by Crippen LogP contribution is -2.02. The minimum Gasteiger partial charge on any atom is -0.485 e. The number of benzene rings is 1. The maximum Gasteiger partial charge on any atom is 0.174 e. The first-order chi connectivity index (χ1) is 8.19. The topological polar surface area (TPSA) is 61.3 Å². The number of hydrogen-bond donors (Lipinski definition) is 1. The van der Waals surface area contributed by atoms with Crippen molar-refractivity contribution < 1.29 is 9.26 Å². The fourth-order valence-electron chi connectivity index (χ4n) is 1.64. The predicted molar refractivity (Wildman–Crippen MR) is 64.6 cm³/mol. The van der Waals surface area contributed by atoms with Gasteiger partial charge in [-0.15, -0.1) is 0 Å². The van der Waals surface area contributed by atoms with Crippen LogP contribution < -0.4 is 10.5 Å². The number of aryl methyl sites for hydroxylation is 2. The quantitative estimate of drug-likeness (QED) is 0.878. The standard InChI is InChI=1S/C13H16N2O2/c1-9-3-4-13(11(5-9)7-14)16-8-12-6-10(2)15-17-12/h3-6H,7-8,14H2,1-2H3. The average molecular weight is 232 g/mol. The van der Waals surface area contributed by atoms with Gasteiger partial charge in [0.2, 0.25) is 0 Å². The molecule has 0 atom stereocenters. The van der Waals surface area contributed by atoms with Gasteiger partial charge in [-0.2, -0.15) is 0 Å². The highest BCUT2D eigenvalue weighted by atomic mass is 16.5. The number of aromatic nitrogens is 1. The molecule has 4 heteroatoms. The number of hydrogen-bond acceptors (Lipinski definition) is 4. The molecule has 4 nitrogen and oxygen atoms in total. The molecule has 0 radical (unpaired) electrons. The smallest absolute Gasteiger partial charge is 0.174 e. The second kappa shape index (κ2) is 5.01. The molecule has 0 unspecified atom stereocenters.